The van der Waals surface area contributed by atoms with Crippen molar-refractivity contribution < 1.29 is 9.21 Å². The van der Waals surface area contributed by atoms with Crippen LogP contribution in [0.15, 0.2) is 33.9 Å². The van der Waals surface area contributed by atoms with Gasteiger partial charge in [-0.2, -0.15) is 0 Å². The predicted molar refractivity (Wildman–Crippen MR) is 126 cm³/mol. The molecule has 1 aromatic carbocycles. The number of thioether (sulfide) groups is 1. The van der Waals surface area contributed by atoms with E-state index < -0.39 is 0 Å². The van der Waals surface area contributed by atoms with E-state index in [0.29, 0.717) is 16.1 Å². The molecule has 0 aliphatic carbocycles. The standard InChI is InChI=1S/C23H33ClN4O2S/c1-6-7-12-28(18-13-22(2,3)27-23(4,5)14-18)19(29)15-31-21-26-25-20(30-21)16-8-10-17(24)11-9-16/h8-11,18,27H,6-7,12-15H2,1-5H3. The van der Waals surface area contributed by atoms with E-state index in [1.54, 1.807) is 12.1 Å². The summed E-state index contributed by atoms with van der Waals surface area (Å²) in [6.07, 6.45) is 3.95. The van der Waals surface area contributed by atoms with Crippen molar-refractivity contribution in [3.63, 3.8) is 0 Å². The Hall–Kier alpha value is -1.57. The molecule has 6 nitrogen and oxygen atoms in total. The number of nitrogens with zero attached hydrogens (tertiary/aromatic N) is 3. The topological polar surface area (TPSA) is 71.3 Å². The van der Waals surface area contributed by atoms with Gasteiger partial charge >= 0.3 is 0 Å². The maximum atomic E-state index is 13.2. The minimum atomic E-state index is -0.00965. The van der Waals surface area contributed by atoms with E-state index in [1.165, 1.54) is 11.8 Å². The van der Waals surface area contributed by atoms with Gasteiger partial charge in [0.05, 0.1) is 5.75 Å². The van der Waals surface area contributed by atoms with E-state index in [4.69, 9.17) is 16.0 Å². The molecule has 1 N–H and O–H groups in total. The van der Waals surface area contributed by atoms with Gasteiger partial charge in [-0.15, -0.1) is 10.2 Å². The second kappa shape index (κ2) is 9.92. The van der Waals surface area contributed by atoms with Crippen LogP contribution in [-0.4, -0.2) is 50.4 Å². The molecule has 1 amide bonds. The van der Waals surface area contributed by atoms with Gasteiger partial charge in [0.1, 0.15) is 0 Å². The molecule has 8 heteroatoms. The van der Waals surface area contributed by atoms with E-state index in [2.05, 4.69) is 55.0 Å². The van der Waals surface area contributed by atoms with E-state index >= 15 is 0 Å². The number of carbonyl (C=O) groups is 1. The van der Waals surface area contributed by atoms with E-state index in [-0.39, 0.29) is 28.8 Å². The highest BCUT2D eigenvalue weighted by atomic mass is 35.5. The largest absolute Gasteiger partial charge is 0.411 e. The van der Waals surface area contributed by atoms with Crippen LogP contribution in [0.2, 0.25) is 5.02 Å². The Kier molecular flexibility index (Phi) is 7.71. The molecule has 1 aliphatic rings. The Balaban J connectivity index is 1.66. The Labute approximate surface area is 194 Å². The summed E-state index contributed by atoms with van der Waals surface area (Å²) >= 11 is 7.24. The smallest absolute Gasteiger partial charge is 0.277 e. The summed E-state index contributed by atoms with van der Waals surface area (Å²) in [5.74, 6) is 0.844. The Bertz CT molecular complexity index is 866. The van der Waals surface area contributed by atoms with Gasteiger partial charge in [0.2, 0.25) is 11.8 Å². The lowest BCUT2D eigenvalue weighted by atomic mass is 9.79. The van der Waals surface area contributed by atoms with Crippen molar-refractivity contribution in [3.8, 4) is 11.5 Å². The molecular formula is C23H33ClN4O2S. The summed E-state index contributed by atoms with van der Waals surface area (Å²) in [6, 6.07) is 7.46. The van der Waals surface area contributed by atoms with Crippen molar-refractivity contribution >= 4 is 29.3 Å². The van der Waals surface area contributed by atoms with Crippen LogP contribution in [-0.2, 0) is 4.79 Å². The lowest BCUT2D eigenvalue weighted by Crippen LogP contribution is -2.63. The SMILES string of the molecule is CCCCN(C(=O)CSc1nnc(-c2ccc(Cl)cc2)o1)C1CC(C)(C)NC(C)(C)C1. The molecule has 0 atom stereocenters. The molecule has 2 aromatic rings. The van der Waals surface area contributed by atoms with Gasteiger partial charge in [0.25, 0.3) is 5.22 Å². The minimum Gasteiger partial charge on any atom is -0.411 e. The summed E-state index contributed by atoms with van der Waals surface area (Å²) in [6.45, 7) is 11.8. The lowest BCUT2D eigenvalue weighted by Gasteiger charge is -2.49. The number of halogens is 1. The number of aromatic nitrogens is 2. The molecule has 0 unspecified atom stereocenters. The van der Waals surface area contributed by atoms with Crippen molar-refractivity contribution in [2.45, 2.75) is 82.6 Å². The van der Waals surface area contributed by atoms with Crippen LogP contribution in [0.3, 0.4) is 0 Å². The van der Waals surface area contributed by atoms with Crippen molar-refractivity contribution in [2.75, 3.05) is 12.3 Å². The monoisotopic (exact) mass is 464 g/mol. The number of carbonyl (C=O) groups excluding carboxylic acids is 1. The van der Waals surface area contributed by atoms with Crippen LogP contribution in [0.1, 0.15) is 60.3 Å². The highest BCUT2D eigenvalue weighted by molar-refractivity contribution is 7.99. The first-order chi connectivity index (χ1) is 14.6. The van der Waals surface area contributed by atoms with Gasteiger partial charge in [-0.1, -0.05) is 36.7 Å². The van der Waals surface area contributed by atoms with Gasteiger partial charge in [0, 0.05) is 34.3 Å². The minimum absolute atomic E-state index is 0.00965. The van der Waals surface area contributed by atoms with Crippen LogP contribution in [0, 0.1) is 0 Å². The molecule has 31 heavy (non-hydrogen) atoms. The van der Waals surface area contributed by atoms with Crippen LogP contribution >= 0.6 is 23.4 Å². The van der Waals surface area contributed by atoms with E-state index in [1.807, 2.05) is 12.1 Å². The van der Waals surface area contributed by atoms with Gasteiger partial charge in [-0.25, -0.2) is 0 Å². The number of piperidine rings is 1. The number of amides is 1. The number of unbranched alkanes of at least 4 members (excludes halogenated alkanes) is 1. The van der Waals surface area contributed by atoms with Crippen molar-refractivity contribution in [1.29, 1.82) is 0 Å². The van der Waals surface area contributed by atoms with Crippen molar-refractivity contribution in [2.24, 2.45) is 0 Å². The second-order valence-electron chi connectivity index (χ2n) is 9.56. The van der Waals surface area contributed by atoms with Crippen LogP contribution in [0.5, 0.6) is 0 Å². The Morgan fingerprint density at radius 1 is 1.19 bits per heavy atom. The van der Waals surface area contributed by atoms with Crippen LogP contribution in [0.25, 0.3) is 11.5 Å². The van der Waals surface area contributed by atoms with Crippen LogP contribution < -0.4 is 5.32 Å². The molecule has 3 rings (SSSR count). The zero-order valence-corrected chi connectivity index (χ0v) is 20.6. The average molecular weight is 465 g/mol. The highest BCUT2D eigenvalue weighted by Gasteiger charge is 2.41. The van der Waals surface area contributed by atoms with E-state index in [9.17, 15) is 4.79 Å². The summed E-state index contributed by atoms with van der Waals surface area (Å²) in [5.41, 5.74) is 0.785. The van der Waals surface area contributed by atoms with Crippen molar-refractivity contribution in [3.05, 3.63) is 29.3 Å². The van der Waals surface area contributed by atoms with Gasteiger partial charge in [0.15, 0.2) is 0 Å². The molecule has 1 fully saturated rings. The first kappa shape index (κ1) is 24.1. The molecular weight excluding hydrogens is 432 g/mol. The third-order valence-electron chi connectivity index (χ3n) is 5.50. The van der Waals surface area contributed by atoms with Crippen LogP contribution in [0.4, 0.5) is 0 Å². The fourth-order valence-electron chi connectivity index (χ4n) is 4.51. The molecule has 170 valence electrons. The normalized spacial score (nSPS) is 18.1. The molecule has 0 saturated carbocycles. The Morgan fingerprint density at radius 2 is 1.84 bits per heavy atom. The zero-order chi connectivity index (χ0) is 22.6. The number of benzene rings is 1. The first-order valence-corrected chi connectivity index (χ1v) is 12.3. The third-order valence-corrected chi connectivity index (χ3v) is 6.55. The fraction of sp³-hybridized carbons (Fsp3) is 0.609. The lowest BCUT2D eigenvalue weighted by molar-refractivity contribution is -0.132. The number of hydrogen-bond donors (Lipinski definition) is 1. The quantitative estimate of drug-likeness (QED) is 0.526. The van der Waals surface area contributed by atoms with Gasteiger partial charge in [-0.3, -0.25) is 4.79 Å². The Morgan fingerprint density at radius 3 is 2.45 bits per heavy atom. The van der Waals surface area contributed by atoms with Gasteiger partial charge < -0.3 is 14.6 Å². The summed E-state index contributed by atoms with van der Waals surface area (Å²) in [4.78, 5) is 15.3. The highest BCUT2D eigenvalue weighted by Crippen LogP contribution is 2.32. The number of nitrogens with one attached hydrogen (secondary N) is 1. The summed E-state index contributed by atoms with van der Waals surface area (Å²) in [7, 11) is 0. The maximum absolute atomic E-state index is 13.2. The third kappa shape index (κ3) is 6.70. The van der Waals surface area contributed by atoms with E-state index in [0.717, 1.165) is 37.8 Å². The first-order valence-electron chi connectivity index (χ1n) is 10.9. The van der Waals surface area contributed by atoms with Gasteiger partial charge in [-0.05, 0) is 71.2 Å². The molecule has 1 aliphatic heterocycles. The predicted octanol–water partition coefficient (Wildman–Crippen LogP) is 5.42. The molecule has 0 spiro atoms. The molecule has 1 aromatic heterocycles. The fourth-order valence-corrected chi connectivity index (χ4v) is 5.29. The molecule has 1 saturated heterocycles. The molecule has 2 heterocycles. The maximum Gasteiger partial charge on any atom is 0.277 e. The molecule has 0 bridgehead atoms. The summed E-state index contributed by atoms with van der Waals surface area (Å²) < 4.78 is 5.75. The summed E-state index contributed by atoms with van der Waals surface area (Å²) in [5, 5.41) is 13.0. The second-order valence-corrected chi connectivity index (χ2v) is 10.9. The number of hydrogen-bond acceptors (Lipinski definition) is 6. The zero-order valence-electron chi connectivity index (χ0n) is 19.1. The average Bonchev–Trinajstić information content (AvgIpc) is 3.14. The number of rotatable bonds is 8. The van der Waals surface area contributed by atoms with Crippen molar-refractivity contribution in [1.82, 2.24) is 20.4 Å². The molecule has 0 radical (unpaired) electrons.